The van der Waals surface area contributed by atoms with Gasteiger partial charge in [0, 0.05) is 12.8 Å². The lowest BCUT2D eigenvalue weighted by Gasteiger charge is -2.41. The van der Waals surface area contributed by atoms with Gasteiger partial charge in [-0.3, -0.25) is 18.6 Å². The summed E-state index contributed by atoms with van der Waals surface area (Å²) < 4.78 is 33.5. The van der Waals surface area contributed by atoms with Crippen LogP contribution in [0.1, 0.15) is 213 Å². The molecule has 0 spiro atoms. The van der Waals surface area contributed by atoms with Crippen LogP contribution in [0, 0.1) is 0 Å². The van der Waals surface area contributed by atoms with Crippen LogP contribution < -0.4 is 0 Å². The first-order valence-corrected chi connectivity index (χ1v) is 25.5. The molecule has 14 heteroatoms. The van der Waals surface area contributed by atoms with Gasteiger partial charge in [-0.15, -0.1) is 0 Å². The second-order valence-electron chi connectivity index (χ2n) is 17.0. The van der Waals surface area contributed by atoms with Gasteiger partial charge in [0.25, 0.3) is 0 Å². The standard InChI is InChI=1S/C46H87O13P/c1-3-5-7-9-11-13-15-17-19-20-21-23-24-26-28-30-32-34-39(47)56-36-38(37-57-60(54,55)59-46-44(52)42(50)41(49)43(51)45(46)53)58-40(48)35-33-31-29-27-25-22-18-16-14-12-10-8-6-4-2/h16,18,38,41-46,49-53H,3-15,17,19-37H2,1-2H3,(H,54,55)/b18-16-. The predicted octanol–water partition coefficient (Wildman–Crippen LogP) is 9.45. The Morgan fingerprint density at radius 1 is 0.500 bits per heavy atom. The van der Waals surface area contributed by atoms with Crippen LogP contribution in [0.5, 0.6) is 0 Å². The van der Waals surface area contributed by atoms with Gasteiger partial charge in [0.05, 0.1) is 6.61 Å². The molecule has 0 heterocycles. The number of esters is 2. The van der Waals surface area contributed by atoms with Gasteiger partial charge in [0.2, 0.25) is 0 Å². The van der Waals surface area contributed by atoms with E-state index in [1.165, 1.54) is 116 Å². The van der Waals surface area contributed by atoms with E-state index in [0.29, 0.717) is 12.8 Å². The zero-order valence-corrected chi connectivity index (χ0v) is 38.4. The van der Waals surface area contributed by atoms with Crippen molar-refractivity contribution in [2.45, 2.75) is 256 Å². The first-order valence-electron chi connectivity index (χ1n) is 24.0. The molecule has 0 amide bonds. The maximum Gasteiger partial charge on any atom is 0.472 e. The van der Waals surface area contributed by atoms with E-state index in [1.807, 2.05) is 0 Å². The number of phosphoric ester groups is 1. The van der Waals surface area contributed by atoms with Crippen molar-refractivity contribution in [3.8, 4) is 0 Å². The summed E-state index contributed by atoms with van der Waals surface area (Å²) >= 11 is 0. The zero-order valence-electron chi connectivity index (χ0n) is 37.5. The molecule has 0 aromatic heterocycles. The van der Waals surface area contributed by atoms with Gasteiger partial charge in [-0.1, -0.05) is 174 Å². The summed E-state index contributed by atoms with van der Waals surface area (Å²) in [6.45, 7) is 3.30. The van der Waals surface area contributed by atoms with Crippen molar-refractivity contribution in [1.29, 1.82) is 0 Å². The third kappa shape index (κ3) is 29.0. The van der Waals surface area contributed by atoms with Crippen molar-refractivity contribution in [2.75, 3.05) is 13.2 Å². The quantitative estimate of drug-likeness (QED) is 0.0147. The molecular formula is C46H87O13P. The van der Waals surface area contributed by atoms with E-state index >= 15 is 0 Å². The number of rotatable bonds is 40. The Labute approximate surface area is 363 Å². The minimum Gasteiger partial charge on any atom is -0.462 e. The number of phosphoric acid groups is 1. The minimum atomic E-state index is -5.11. The lowest BCUT2D eigenvalue weighted by Crippen LogP contribution is -2.64. The summed E-state index contributed by atoms with van der Waals surface area (Å²) in [7, 11) is -5.11. The second-order valence-corrected chi connectivity index (χ2v) is 18.4. The highest BCUT2D eigenvalue weighted by molar-refractivity contribution is 7.47. The van der Waals surface area contributed by atoms with Crippen LogP contribution in [0.25, 0.3) is 0 Å². The molecular weight excluding hydrogens is 791 g/mol. The molecule has 354 valence electrons. The second kappa shape index (κ2) is 37.0. The summed E-state index contributed by atoms with van der Waals surface area (Å²) in [6.07, 6.45) is 25.5. The molecule has 1 aliphatic carbocycles. The van der Waals surface area contributed by atoms with Crippen LogP contribution >= 0.6 is 7.82 Å². The molecule has 6 atom stereocenters. The highest BCUT2D eigenvalue weighted by Gasteiger charge is 2.51. The lowest BCUT2D eigenvalue weighted by molar-refractivity contribution is -0.220. The summed E-state index contributed by atoms with van der Waals surface area (Å²) in [6, 6.07) is 0. The number of aliphatic hydroxyl groups is 5. The highest BCUT2D eigenvalue weighted by Crippen LogP contribution is 2.47. The molecule has 0 radical (unpaired) electrons. The van der Waals surface area contributed by atoms with Crippen LogP contribution in [0.2, 0.25) is 0 Å². The fraction of sp³-hybridized carbons (Fsp3) is 0.913. The fourth-order valence-corrected chi connectivity index (χ4v) is 8.43. The number of ether oxygens (including phenoxy) is 2. The summed E-state index contributed by atoms with van der Waals surface area (Å²) in [5.41, 5.74) is 0. The topological polar surface area (TPSA) is 210 Å². The van der Waals surface area contributed by atoms with E-state index in [-0.39, 0.29) is 12.8 Å². The number of unbranched alkanes of at least 4 members (excludes halogenated alkanes) is 26. The third-order valence-corrected chi connectivity index (χ3v) is 12.3. The van der Waals surface area contributed by atoms with E-state index in [1.54, 1.807) is 0 Å². The van der Waals surface area contributed by atoms with Crippen LogP contribution in [0.4, 0.5) is 0 Å². The lowest BCUT2D eigenvalue weighted by atomic mass is 9.85. The van der Waals surface area contributed by atoms with Gasteiger partial charge >= 0.3 is 19.8 Å². The zero-order chi connectivity index (χ0) is 44.3. The maximum atomic E-state index is 12.8. The largest absolute Gasteiger partial charge is 0.472 e. The van der Waals surface area contributed by atoms with Crippen molar-refractivity contribution in [3.63, 3.8) is 0 Å². The number of aliphatic hydroxyl groups excluding tert-OH is 5. The van der Waals surface area contributed by atoms with Crippen molar-refractivity contribution in [1.82, 2.24) is 0 Å². The third-order valence-electron chi connectivity index (χ3n) is 11.4. The van der Waals surface area contributed by atoms with Crippen LogP contribution in [0.3, 0.4) is 0 Å². The van der Waals surface area contributed by atoms with Gasteiger partial charge < -0.3 is 39.9 Å². The van der Waals surface area contributed by atoms with E-state index in [4.69, 9.17) is 18.5 Å². The molecule has 1 aliphatic rings. The van der Waals surface area contributed by atoms with E-state index < -0.39 is 75.7 Å². The molecule has 1 fully saturated rings. The van der Waals surface area contributed by atoms with E-state index in [9.17, 15) is 44.6 Å². The molecule has 1 saturated carbocycles. The average Bonchev–Trinajstić information content (AvgIpc) is 3.23. The Morgan fingerprint density at radius 3 is 1.27 bits per heavy atom. The first-order chi connectivity index (χ1) is 28.9. The maximum absolute atomic E-state index is 12.8. The van der Waals surface area contributed by atoms with Gasteiger partial charge in [-0.25, -0.2) is 4.57 Å². The number of carbonyl (C=O) groups is 2. The van der Waals surface area contributed by atoms with Gasteiger partial charge in [-0.05, 0) is 38.5 Å². The molecule has 0 aromatic carbocycles. The molecule has 0 bridgehead atoms. The summed E-state index contributed by atoms with van der Waals surface area (Å²) in [5.74, 6) is -1.10. The van der Waals surface area contributed by atoms with Crippen LogP contribution in [0.15, 0.2) is 12.2 Å². The van der Waals surface area contributed by atoms with Crippen molar-refractivity contribution >= 4 is 19.8 Å². The summed E-state index contributed by atoms with van der Waals surface area (Å²) in [4.78, 5) is 35.7. The van der Waals surface area contributed by atoms with Gasteiger partial charge in [0.1, 0.15) is 43.2 Å². The number of hydrogen-bond donors (Lipinski definition) is 6. The molecule has 0 aliphatic heterocycles. The molecule has 6 N–H and O–H groups in total. The normalized spacial score (nSPS) is 22.2. The van der Waals surface area contributed by atoms with Crippen molar-refractivity contribution in [2.24, 2.45) is 0 Å². The van der Waals surface area contributed by atoms with Gasteiger partial charge in [0.15, 0.2) is 6.10 Å². The van der Waals surface area contributed by atoms with Crippen molar-refractivity contribution in [3.05, 3.63) is 12.2 Å². The van der Waals surface area contributed by atoms with Crippen LogP contribution in [-0.2, 0) is 32.7 Å². The molecule has 0 aromatic rings. The Bertz CT molecular complexity index is 1110. The highest BCUT2D eigenvalue weighted by atomic mass is 31.2. The minimum absolute atomic E-state index is 0.0908. The predicted molar refractivity (Wildman–Crippen MR) is 235 cm³/mol. The van der Waals surface area contributed by atoms with Gasteiger partial charge in [-0.2, -0.15) is 0 Å². The molecule has 1 rings (SSSR count). The molecule has 13 nitrogen and oxygen atoms in total. The Hall–Kier alpha value is -1.41. The Morgan fingerprint density at radius 2 is 0.850 bits per heavy atom. The Balaban J connectivity index is 2.43. The van der Waals surface area contributed by atoms with Crippen molar-refractivity contribution < 1.29 is 63.1 Å². The first kappa shape index (κ1) is 56.6. The monoisotopic (exact) mass is 879 g/mol. The molecule has 60 heavy (non-hydrogen) atoms. The van der Waals surface area contributed by atoms with E-state index in [2.05, 4.69) is 26.0 Å². The fourth-order valence-electron chi connectivity index (χ4n) is 7.46. The number of hydrogen-bond acceptors (Lipinski definition) is 12. The number of allylic oxidation sites excluding steroid dienone is 2. The molecule has 0 saturated heterocycles. The SMILES string of the molecule is CCCCCCC/C=C\CCCCCCCC(=O)OC(COC(=O)CCCCCCCCCCCCCCCCCCC)COP(=O)(O)OC1C(O)C(O)C(O)C(O)C1O. The summed E-state index contributed by atoms with van der Waals surface area (Å²) in [5, 5.41) is 50.1. The smallest absolute Gasteiger partial charge is 0.462 e. The number of carbonyl (C=O) groups excluding carboxylic acids is 2. The van der Waals surface area contributed by atoms with Crippen LogP contribution in [-0.4, -0.2) is 98.3 Å². The Kier molecular flexibility index (Phi) is 34.9. The van der Waals surface area contributed by atoms with E-state index in [0.717, 1.165) is 57.8 Å². The molecule has 6 unspecified atom stereocenters. The average molecular weight is 879 g/mol.